The largest absolute Gasteiger partial charge is 0.409 e. The summed E-state index contributed by atoms with van der Waals surface area (Å²) >= 11 is 12.2. The Hall–Kier alpha value is -0.0900. The van der Waals surface area contributed by atoms with Gasteiger partial charge in [0.05, 0.1) is 0 Å². The molecule has 1 aromatic rings. The fourth-order valence-corrected chi connectivity index (χ4v) is 1.09. The van der Waals surface area contributed by atoms with E-state index in [1.807, 2.05) is 0 Å². The summed E-state index contributed by atoms with van der Waals surface area (Å²) in [5.74, 6) is 0.719. The average molecular weight is 224 g/mol. The maximum absolute atomic E-state index is 5.68. The molecule has 66 valence electrons. The Kier molecular flexibility index (Phi) is 4.01. The van der Waals surface area contributed by atoms with Gasteiger partial charge in [0.15, 0.2) is 12.2 Å². The molecule has 0 saturated carbocycles. The number of benzene rings is 1. The standard InChI is InChI=1S/C7H7Cl2NOS/c1-10(9)12-11-7-4-2-6(8)3-5-7/h2-5H,1H3. The SMILES string of the molecule is CN(Cl)SOc1ccc(Cl)cc1. The lowest BCUT2D eigenvalue weighted by atomic mass is 10.3. The molecule has 2 nitrogen and oxygen atoms in total. The Balaban J connectivity index is 2.48. The van der Waals surface area contributed by atoms with Gasteiger partial charge >= 0.3 is 0 Å². The van der Waals surface area contributed by atoms with Crippen LogP contribution in [-0.2, 0) is 0 Å². The van der Waals surface area contributed by atoms with Crippen LogP contribution in [0.15, 0.2) is 24.3 Å². The van der Waals surface area contributed by atoms with Crippen molar-refractivity contribution in [1.82, 2.24) is 3.82 Å². The molecule has 0 aliphatic carbocycles. The van der Waals surface area contributed by atoms with Crippen LogP contribution in [0.25, 0.3) is 0 Å². The van der Waals surface area contributed by atoms with Gasteiger partial charge in [-0.1, -0.05) is 11.6 Å². The van der Waals surface area contributed by atoms with Crippen LogP contribution < -0.4 is 4.18 Å². The first-order valence-corrected chi connectivity index (χ1v) is 4.59. The third-order valence-corrected chi connectivity index (χ3v) is 1.94. The van der Waals surface area contributed by atoms with Crippen molar-refractivity contribution < 1.29 is 4.18 Å². The Morgan fingerprint density at radius 2 is 1.92 bits per heavy atom. The molecule has 1 rings (SSSR count). The van der Waals surface area contributed by atoms with Gasteiger partial charge in [-0.25, -0.2) is 0 Å². The Morgan fingerprint density at radius 3 is 2.42 bits per heavy atom. The van der Waals surface area contributed by atoms with Gasteiger partial charge in [-0.15, -0.1) is 3.82 Å². The summed E-state index contributed by atoms with van der Waals surface area (Å²) in [6.45, 7) is 0. The van der Waals surface area contributed by atoms with Gasteiger partial charge < -0.3 is 4.18 Å². The second-order valence-corrected chi connectivity index (χ2v) is 4.04. The fourth-order valence-electron chi connectivity index (χ4n) is 0.585. The quantitative estimate of drug-likeness (QED) is 0.443. The van der Waals surface area contributed by atoms with Crippen LogP contribution in [0.2, 0.25) is 5.02 Å². The Labute approximate surface area is 85.9 Å². The summed E-state index contributed by atoms with van der Waals surface area (Å²) in [6, 6.07) is 7.06. The van der Waals surface area contributed by atoms with Crippen molar-refractivity contribution in [3.63, 3.8) is 0 Å². The molecule has 0 bridgehead atoms. The highest BCUT2D eigenvalue weighted by molar-refractivity contribution is 7.93. The van der Waals surface area contributed by atoms with E-state index in [1.54, 1.807) is 31.3 Å². The first kappa shape index (κ1) is 9.99. The number of halogens is 2. The van der Waals surface area contributed by atoms with E-state index in [0.717, 1.165) is 18.0 Å². The lowest BCUT2D eigenvalue weighted by Crippen LogP contribution is -1.94. The van der Waals surface area contributed by atoms with Crippen LogP contribution in [0.1, 0.15) is 0 Å². The monoisotopic (exact) mass is 223 g/mol. The third-order valence-electron chi connectivity index (χ3n) is 1.05. The molecule has 0 aliphatic heterocycles. The molecule has 0 atom stereocenters. The minimum Gasteiger partial charge on any atom is -0.409 e. The van der Waals surface area contributed by atoms with Gasteiger partial charge in [-0.05, 0) is 36.0 Å². The zero-order chi connectivity index (χ0) is 8.97. The predicted octanol–water partition coefficient (Wildman–Crippen LogP) is 3.37. The maximum Gasteiger partial charge on any atom is 0.162 e. The van der Waals surface area contributed by atoms with Crippen molar-refractivity contribution in [3.05, 3.63) is 29.3 Å². The van der Waals surface area contributed by atoms with Crippen LogP contribution in [0.4, 0.5) is 0 Å². The fraction of sp³-hybridized carbons (Fsp3) is 0.143. The van der Waals surface area contributed by atoms with Gasteiger partial charge in [-0.2, -0.15) is 0 Å². The molecule has 0 fully saturated rings. The van der Waals surface area contributed by atoms with Crippen molar-refractivity contribution >= 4 is 35.6 Å². The highest BCUT2D eigenvalue weighted by atomic mass is 35.5. The van der Waals surface area contributed by atoms with Crippen LogP contribution in [0.5, 0.6) is 5.75 Å². The molecular formula is C7H7Cl2NOS. The molecule has 0 spiro atoms. The molecule has 0 saturated heterocycles. The lowest BCUT2D eigenvalue weighted by Gasteiger charge is -2.05. The third kappa shape index (κ3) is 3.54. The molecule has 0 radical (unpaired) electrons. The second kappa shape index (κ2) is 4.82. The smallest absolute Gasteiger partial charge is 0.162 e. The minimum absolute atomic E-state index is 0.687. The number of rotatable bonds is 3. The summed E-state index contributed by atoms with van der Waals surface area (Å²) in [5, 5.41) is 0.687. The van der Waals surface area contributed by atoms with Crippen molar-refractivity contribution in [2.75, 3.05) is 7.05 Å². The summed E-state index contributed by atoms with van der Waals surface area (Å²) in [6.07, 6.45) is 0. The second-order valence-electron chi connectivity index (χ2n) is 2.03. The molecule has 0 N–H and O–H groups in total. The van der Waals surface area contributed by atoms with Crippen molar-refractivity contribution in [3.8, 4) is 5.75 Å². The maximum atomic E-state index is 5.68. The molecule has 0 heterocycles. The van der Waals surface area contributed by atoms with Gasteiger partial charge in [-0.3, -0.25) is 0 Å². The van der Waals surface area contributed by atoms with Gasteiger partial charge in [0.2, 0.25) is 0 Å². The summed E-state index contributed by atoms with van der Waals surface area (Å²) < 4.78 is 6.52. The summed E-state index contributed by atoms with van der Waals surface area (Å²) in [4.78, 5) is 0. The Bertz CT molecular complexity index is 240. The topological polar surface area (TPSA) is 12.5 Å². The van der Waals surface area contributed by atoms with E-state index in [1.165, 1.54) is 3.82 Å². The van der Waals surface area contributed by atoms with Gasteiger partial charge in [0, 0.05) is 12.1 Å². The number of nitrogens with zero attached hydrogens (tertiary/aromatic N) is 1. The molecule has 12 heavy (non-hydrogen) atoms. The van der Waals surface area contributed by atoms with Crippen LogP contribution >= 0.6 is 35.6 Å². The molecule has 0 amide bonds. The van der Waals surface area contributed by atoms with Crippen LogP contribution in [0.3, 0.4) is 0 Å². The molecule has 1 aromatic carbocycles. The van der Waals surface area contributed by atoms with Gasteiger partial charge in [0.25, 0.3) is 0 Å². The first-order valence-electron chi connectivity index (χ1n) is 3.18. The molecule has 0 unspecified atom stereocenters. The van der Waals surface area contributed by atoms with E-state index in [2.05, 4.69) is 0 Å². The number of hydrogen-bond donors (Lipinski definition) is 0. The van der Waals surface area contributed by atoms with E-state index in [0.29, 0.717) is 5.02 Å². The molecular weight excluding hydrogens is 217 g/mol. The molecule has 0 aliphatic rings. The van der Waals surface area contributed by atoms with Crippen molar-refractivity contribution in [1.29, 1.82) is 0 Å². The summed E-state index contributed by atoms with van der Waals surface area (Å²) in [5.41, 5.74) is 0. The average Bonchev–Trinajstić information content (AvgIpc) is 2.03. The van der Waals surface area contributed by atoms with Crippen LogP contribution in [0, 0.1) is 0 Å². The van der Waals surface area contributed by atoms with Crippen LogP contribution in [-0.4, -0.2) is 10.9 Å². The predicted molar refractivity (Wildman–Crippen MR) is 53.3 cm³/mol. The first-order chi connectivity index (χ1) is 5.68. The lowest BCUT2D eigenvalue weighted by molar-refractivity contribution is 0.618. The van der Waals surface area contributed by atoms with E-state index in [-0.39, 0.29) is 0 Å². The molecule has 0 aromatic heterocycles. The van der Waals surface area contributed by atoms with E-state index < -0.39 is 0 Å². The van der Waals surface area contributed by atoms with Crippen molar-refractivity contribution in [2.45, 2.75) is 0 Å². The zero-order valence-corrected chi connectivity index (χ0v) is 8.66. The van der Waals surface area contributed by atoms with E-state index >= 15 is 0 Å². The zero-order valence-electron chi connectivity index (χ0n) is 6.33. The normalized spacial score (nSPS) is 10.3. The number of hydrogen-bond acceptors (Lipinski definition) is 3. The van der Waals surface area contributed by atoms with Gasteiger partial charge in [0.1, 0.15) is 5.75 Å². The summed E-state index contributed by atoms with van der Waals surface area (Å²) in [7, 11) is 1.68. The molecule has 5 heteroatoms. The van der Waals surface area contributed by atoms with E-state index in [4.69, 9.17) is 27.6 Å². The minimum atomic E-state index is 0.687. The van der Waals surface area contributed by atoms with E-state index in [9.17, 15) is 0 Å². The van der Waals surface area contributed by atoms with Crippen molar-refractivity contribution in [2.24, 2.45) is 0 Å². The highest BCUT2D eigenvalue weighted by Crippen LogP contribution is 2.21. The Morgan fingerprint density at radius 1 is 1.33 bits per heavy atom. The highest BCUT2D eigenvalue weighted by Gasteiger charge is 1.97.